The maximum Gasteiger partial charge on any atom is 0.342 e. The minimum atomic E-state index is -0.626. The van der Waals surface area contributed by atoms with Crippen LogP contribution >= 0.6 is 0 Å². The molecule has 0 N–H and O–H groups in total. The summed E-state index contributed by atoms with van der Waals surface area (Å²) in [5, 5.41) is 0. The van der Waals surface area contributed by atoms with Gasteiger partial charge in [0.15, 0.2) is 11.6 Å². The van der Waals surface area contributed by atoms with Gasteiger partial charge in [-0.25, -0.2) is 9.59 Å². The first-order chi connectivity index (χ1) is 11.5. The van der Waals surface area contributed by atoms with Gasteiger partial charge in [-0.1, -0.05) is 30.3 Å². The molecule has 0 amide bonds. The first kappa shape index (κ1) is 17.3. The van der Waals surface area contributed by atoms with E-state index in [0.29, 0.717) is 11.5 Å². The van der Waals surface area contributed by atoms with Crippen LogP contribution in [0, 0.1) is 0 Å². The zero-order valence-corrected chi connectivity index (χ0v) is 14.0. The lowest BCUT2D eigenvalue weighted by Gasteiger charge is -2.26. The summed E-state index contributed by atoms with van der Waals surface area (Å²) in [6.07, 6.45) is 2.86. The standard InChI is InChI=1S/C18H19NO5/c1-19(2)15-10-13(12-8-6-5-7-9-12)17(18(21)23-4)14(24-15)11-16(20)22-3/h5-11H,1-4H3/b14-11-. The molecule has 0 aromatic heterocycles. The minimum absolute atomic E-state index is 0.0822. The lowest BCUT2D eigenvalue weighted by atomic mass is 9.96. The van der Waals surface area contributed by atoms with E-state index in [1.54, 1.807) is 25.1 Å². The molecule has 1 aliphatic heterocycles. The van der Waals surface area contributed by atoms with E-state index in [4.69, 9.17) is 9.47 Å². The summed E-state index contributed by atoms with van der Waals surface area (Å²) < 4.78 is 15.2. The summed E-state index contributed by atoms with van der Waals surface area (Å²) >= 11 is 0. The van der Waals surface area contributed by atoms with Crippen LogP contribution in [0.25, 0.3) is 5.57 Å². The Labute approximate surface area is 140 Å². The van der Waals surface area contributed by atoms with Gasteiger partial charge in [-0.15, -0.1) is 0 Å². The van der Waals surface area contributed by atoms with Crippen LogP contribution in [-0.4, -0.2) is 45.2 Å². The second-order valence-corrected chi connectivity index (χ2v) is 5.16. The highest BCUT2D eigenvalue weighted by Crippen LogP contribution is 2.34. The largest absolute Gasteiger partial charge is 0.466 e. The molecule has 0 spiro atoms. The van der Waals surface area contributed by atoms with Gasteiger partial charge in [0.2, 0.25) is 0 Å². The number of carbonyl (C=O) groups is 2. The molecule has 126 valence electrons. The predicted octanol–water partition coefficient (Wildman–Crippen LogP) is 2.10. The van der Waals surface area contributed by atoms with Crippen LogP contribution in [0.5, 0.6) is 0 Å². The van der Waals surface area contributed by atoms with Gasteiger partial charge in [0, 0.05) is 25.7 Å². The Balaban J connectivity index is 2.72. The van der Waals surface area contributed by atoms with Gasteiger partial charge in [-0.2, -0.15) is 0 Å². The molecule has 1 aliphatic rings. The molecule has 0 bridgehead atoms. The van der Waals surface area contributed by atoms with Crippen molar-refractivity contribution in [1.82, 2.24) is 4.90 Å². The molecule has 0 saturated heterocycles. The SMILES string of the molecule is COC(=O)/C=C1\OC(N(C)C)=CC(c2ccccc2)=C1C(=O)OC. The number of allylic oxidation sites excluding steroid dienone is 2. The second kappa shape index (κ2) is 7.50. The van der Waals surface area contributed by atoms with E-state index in [9.17, 15) is 9.59 Å². The van der Waals surface area contributed by atoms with Gasteiger partial charge in [-0.3, -0.25) is 0 Å². The van der Waals surface area contributed by atoms with E-state index in [2.05, 4.69) is 4.74 Å². The third-order valence-electron chi connectivity index (χ3n) is 3.36. The maximum atomic E-state index is 12.3. The molecule has 1 aromatic carbocycles. The number of hydrogen-bond acceptors (Lipinski definition) is 6. The fourth-order valence-electron chi connectivity index (χ4n) is 2.17. The molecule has 0 atom stereocenters. The van der Waals surface area contributed by atoms with Gasteiger partial charge in [0.05, 0.1) is 20.3 Å². The van der Waals surface area contributed by atoms with Gasteiger partial charge in [0.1, 0.15) is 5.57 Å². The molecule has 0 unspecified atom stereocenters. The van der Waals surface area contributed by atoms with Crippen LogP contribution in [0.3, 0.4) is 0 Å². The number of esters is 2. The molecule has 6 nitrogen and oxygen atoms in total. The zero-order valence-electron chi connectivity index (χ0n) is 14.0. The number of ether oxygens (including phenoxy) is 3. The Morgan fingerprint density at radius 1 is 1.08 bits per heavy atom. The average Bonchev–Trinajstić information content (AvgIpc) is 2.60. The highest BCUT2D eigenvalue weighted by molar-refractivity contribution is 6.05. The summed E-state index contributed by atoms with van der Waals surface area (Å²) in [5.74, 6) is -0.660. The quantitative estimate of drug-likeness (QED) is 0.623. The Bertz CT molecular complexity index is 729. The Kier molecular flexibility index (Phi) is 5.42. The number of rotatable bonds is 4. The van der Waals surface area contributed by atoms with Gasteiger partial charge >= 0.3 is 11.9 Å². The third kappa shape index (κ3) is 3.65. The van der Waals surface area contributed by atoms with Crippen LogP contribution in [0.1, 0.15) is 5.56 Å². The predicted molar refractivity (Wildman–Crippen MR) is 88.3 cm³/mol. The van der Waals surface area contributed by atoms with Crippen molar-refractivity contribution in [3.8, 4) is 0 Å². The van der Waals surface area contributed by atoms with Gasteiger partial charge < -0.3 is 19.1 Å². The van der Waals surface area contributed by atoms with Crippen LogP contribution in [0.2, 0.25) is 0 Å². The topological polar surface area (TPSA) is 65.1 Å². The number of hydrogen-bond donors (Lipinski definition) is 0. The van der Waals surface area contributed by atoms with Crippen LogP contribution in [0.15, 0.2) is 59.7 Å². The van der Waals surface area contributed by atoms with Crippen molar-refractivity contribution in [3.63, 3.8) is 0 Å². The Morgan fingerprint density at radius 3 is 2.29 bits per heavy atom. The lowest BCUT2D eigenvalue weighted by molar-refractivity contribution is -0.136. The fourth-order valence-corrected chi connectivity index (χ4v) is 2.17. The molecule has 0 aliphatic carbocycles. The summed E-state index contributed by atoms with van der Waals surface area (Å²) in [6, 6.07) is 9.33. The monoisotopic (exact) mass is 329 g/mol. The van der Waals surface area contributed by atoms with Gasteiger partial charge in [-0.05, 0) is 5.56 Å². The summed E-state index contributed by atoms with van der Waals surface area (Å²) in [7, 11) is 6.13. The minimum Gasteiger partial charge on any atom is -0.466 e. The van der Waals surface area contributed by atoms with Crippen molar-refractivity contribution < 1.29 is 23.8 Å². The first-order valence-electron chi connectivity index (χ1n) is 7.22. The normalized spacial score (nSPS) is 15.5. The van der Waals surface area contributed by atoms with E-state index < -0.39 is 11.9 Å². The molecule has 0 saturated carbocycles. The van der Waals surface area contributed by atoms with E-state index in [1.165, 1.54) is 14.2 Å². The Hall–Kier alpha value is -3.02. The number of nitrogens with zero attached hydrogens (tertiary/aromatic N) is 1. The van der Waals surface area contributed by atoms with Gasteiger partial charge in [0.25, 0.3) is 0 Å². The molecule has 2 rings (SSSR count). The van der Waals surface area contributed by atoms with Crippen molar-refractivity contribution in [1.29, 1.82) is 0 Å². The second-order valence-electron chi connectivity index (χ2n) is 5.16. The summed E-state index contributed by atoms with van der Waals surface area (Å²) in [4.78, 5) is 25.7. The van der Waals surface area contributed by atoms with Crippen molar-refractivity contribution in [2.24, 2.45) is 0 Å². The van der Waals surface area contributed by atoms with Crippen LogP contribution < -0.4 is 0 Å². The molecule has 1 heterocycles. The van der Waals surface area contributed by atoms with Crippen LogP contribution in [-0.2, 0) is 23.8 Å². The molecular weight excluding hydrogens is 310 g/mol. The highest BCUT2D eigenvalue weighted by atomic mass is 16.5. The summed E-state index contributed by atoms with van der Waals surface area (Å²) in [5.41, 5.74) is 1.57. The average molecular weight is 329 g/mol. The van der Waals surface area contributed by atoms with E-state index >= 15 is 0 Å². The molecule has 0 fully saturated rings. The maximum absolute atomic E-state index is 12.3. The smallest absolute Gasteiger partial charge is 0.342 e. The molecular formula is C18H19NO5. The molecule has 1 aromatic rings. The number of carbonyl (C=O) groups excluding carboxylic acids is 2. The van der Waals surface area contributed by atoms with Crippen molar-refractivity contribution >= 4 is 17.5 Å². The molecule has 0 radical (unpaired) electrons. The zero-order chi connectivity index (χ0) is 17.7. The van der Waals surface area contributed by atoms with E-state index in [-0.39, 0.29) is 11.3 Å². The molecule has 6 heteroatoms. The number of benzene rings is 1. The van der Waals surface area contributed by atoms with E-state index in [1.807, 2.05) is 30.3 Å². The number of methoxy groups -OCH3 is 2. The Morgan fingerprint density at radius 2 is 1.75 bits per heavy atom. The van der Waals surface area contributed by atoms with Crippen molar-refractivity contribution in [3.05, 3.63) is 65.3 Å². The first-order valence-corrected chi connectivity index (χ1v) is 7.22. The van der Waals surface area contributed by atoms with E-state index in [0.717, 1.165) is 11.6 Å². The van der Waals surface area contributed by atoms with Crippen molar-refractivity contribution in [2.75, 3.05) is 28.3 Å². The lowest BCUT2D eigenvalue weighted by Crippen LogP contribution is -2.22. The summed E-state index contributed by atoms with van der Waals surface area (Å²) in [6.45, 7) is 0. The highest BCUT2D eigenvalue weighted by Gasteiger charge is 2.29. The van der Waals surface area contributed by atoms with Crippen molar-refractivity contribution in [2.45, 2.75) is 0 Å². The molecule has 24 heavy (non-hydrogen) atoms. The fraction of sp³-hybridized carbons (Fsp3) is 0.222. The third-order valence-corrected chi connectivity index (χ3v) is 3.36. The van der Waals surface area contributed by atoms with Crippen LogP contribution in [0.4, 0.5) is 0 Å².